The van der Waals surface area contributed by atoms with Gasteiger partial charge in [-0.1, -0.05) is 23.7 Å². The molecule has 0 atom stereocenters. The number of nitrogens with zero attached hydrogens (tertiary/aromatic N) is 2. The number of benzene rings is 1. The summed E-state index contributed by atoms with van der Waals surface area (Å²) in [6, 6.07) is 8.27. The zero-order valence-corrected chi connectivity index (χ0v) is 11.0. The zero-order valence-electron chi connectivity index (χ0n) is 10.3. The van der Waals surface area contributed by atoms with E-state index in [2.05, 4.69) is 29.5 Å². The molecule has 0 saturated carbocycles. The Morgan fingerprint density at radius 3 is 2.71 bits per heavy atom. The molecule has 0 aliphatic heterocycles. The predicted molar refractivity (Wildman–Crippen MR) is 71.5 cm³/mol. The first kappa shape index (κ1) is 12.0. The van der Waals surface area contributed by atoms with Gasteiger partial charge in [-0.3, -0.25) is 4.68 Å². The quantitative estimate of drug-likeness (QED) is 0.905. The van der Waals surface area contributed by atoms with Crippen LogP contribution in [-0.2, 0) is 13.6 Å². The molecule has 4 heteroatoms. The van der Waals surface area contributed by atoms with Crippen LogP contribution in [-0.4, -0.2) is 9.78 Å². The maximum absolute atomic E-state index is 6.19. The van der Waals surface area contributed by atoms with E-state index in [9.17, 15) is 0 Å². The molecule has 1 heterocycles. The van der Waals surface area contributed by atoms with Gasteiger partial charge in [0, 0.05) is 12.7 Å². The SMILES string of the molecule is Cc1cccc(NCc2c(Cl)c(C)nn2C)c1. The number of hydrogen-bond donors (Lipinski definition) is 1. The maximum Gasteiger partial charge on any atom is 0.0865 e. The molecule has 2 rings (SSSR count). The highest BCUT2D eigenvalue weighted by atomic mass is 35.5. The summed E-state index contributed by atoms with van der Waals surface area (Å²) in [4.78, 5) is 0. The van der Waals surface area contributed by atoms with Gasteiger partial charge in [-0.05, 0) is 31.5 Å². The summed E-state index contributed by atoms with van der Waals surface area (Å²) in [6.45, 7) is 4.67. The van der Waals surface area contributed by atoms with E-state index < -0.39 is 0 Å². The van der Waals surface area contributed by atoms with Crippen molar-refractivity contribution in [1.82, 2.24) is 9.78 Å². The molecular weight excluding hydrogens is 234 g/mol. The van der Waals surface area contributed by atoms with Crippen molar-refractivity contribution in [3.63, 3.8) is 0 Å². The topological polar surface area (TPSA) is 29.9 Å². The van der Waals surface area contributed by atoms with E-state index in [-0.39, 0.29) is 0 Å². The molecule has 2 aromatic rings. The fourth-order valence-electron chi connectivity index (χ4n) is 1.81. The summed E-state index contributed by atoms with van der Waals surface area (Å²) in [5, 5.41) is 8.38. The number of aromatic nitrogens is 2. The molecule has 1 aromatic carbocycles. The van der Waals surface area contributed by atoms with Crippen LogP contribution in [0.2, 0.25) is 5.02 Å². The van der Waals surface area contributed by atoms with Gasteiger partial charge in [0.05, 0.1) is 23.0 Å². The molecule has 0 bridgehead atoms. The van der Waals surface area contributed by atoms with Gasteiger partial charge >= 0.3 is 0 Å². The lowest BCUT2D eigenvalue weighted by Crippen LogP contribution is -2.05. The fraction of sp³-hybridized carbons (Fsp3) is 0.308. The molecule has 0 saturated heterocycles. The molecule has 0 aliphatic carbocycles. The highest BCUT2D eigenvalue weighted by Crippen LogP contribution is 2.20. The Hall–Kier alpha value is -1.48. The molecular formula is C13H16ClN3. The minimum Gasteiger partial charge on any atom is -0.379 e. The lowest BCUT2D eigenvalue weighted by molar-refractivity contribution is 0.713. The first-order valence-electron chi connectivity index (χ1n) is 5.56. The van der Waals surface area contributed by atoms with Crippen LogP contribution in [0, 0.1) is 13.8 Å². The second kappa shape index (κ2) is 4.80. The van der Waals surface area contributed by atoms with Crippen molar-refractivity contribution in [3.05, 3.63) is 46.2 Å². The van der Waals surface area contributed by atoms with Gasteiger partial charge in [0.1, 0.15) is 0 Å². The molecule has 1 aromatic heterocycles. The third kappa shape index (κ3) is 2.61. The molecule has 1 N–H and O–H groups in total. The van der Waals surface area contributed by atoms with E-state index in [1.807, 2.05) is 30.8 Å². The molecule has 90 valence electrons. The Labute approximate surface area is 106 Å². The van der Waals surface area contributed by atoms with Crippen LogP contribution < -0.4 is 5.32 Å². The summed E-state index contributed by atoms with van der Waals surface area (Å²) < 4.78 is 1.82. The van der Waals surface area contributed by atoms with Gasteiger partial charge in [0.15, 0.2) is 0 Å². The molecule has 0 spiro atoms. The van der Waals surface area contributed by atoms with Gasteiger partial charge in [-0.25, -0.2) is 0 Å². The van der Waals surface area contributed by atoms with Crippen LogP contribution in [0.3, 0.4) is 0 Å². The second-order valence-electron chi connectivity index (χ2n) is 4.19. The lowest BCUT2D eigenvalue weighted by atomic mass is 10.2. The number of halogens is 1. The second-order valence-corrected chi connectivity index (χ2v) is 4.57. The molecule has 17 heavy (non-hydrogen) atoms. The Bertz CT molecular complexity index is 531. The third-order valence-electron chi connectivity index (χ3n) is 2.74. The van der Waals surface area contributed by atoms with Gasteiger partial charge in [0.2, 0.25) is 0 Å². The summed E-state index contributed by atoms with van der Waals surface area (Å²) in [5.41, 5.74) is 4.21. The first-order valence-corrected chi connectivity index (χ1v) is 5.94. The van der Waals surface area contributed by atoms with Gasteiger partial charge in [-0.15, -0.1) is 0 Å². The van der Waals surface area contributed by atoms with E-state index in [4.69, 9.17) is 11.6 Å². The first-order chi connectivity index (χ1) is 8.08. The van der Waals surface area contributed by atoms with Gasteiger partial charge in [-0.2, -0.15) is 5.10 Å². The largest absolute Gasteiger partial charge is 0.379 e. The van der Waals surface area contributed by atoms with Crippen LogP contribution in [0.4, 0.5) is 5.69 Å². The van der Waals surface area contributed by atoms with Crippen LogP contribution in [0.15, 0.2) is 24.3 Å². The summed E-state index contributed by atoms with van der Waals surface area (Å²) in [5.74, 6) is 0. The van der Waals surface area contributed by atoms with E-state index in [1.54, 1.807) is 0 Å². The average Bonchev–Trinajstić information content (AvgIpc) is 2.51. The van der Waals surface area contributed by atoms with Crippen LogP contribution in [0.1, 0.15) is 17.0 Å². The smallest absolute Gasteiger partial charge is 0.0865 e. The Kier molecular flexibility index (Phi) is 3.38. The summed E-state index contributed by atoms with van der Waals surface area (Å²) >= 11 is 6.19. The predicted octanol–water partition coefficient (Wildman–Crippen LogP) is 3.30. The maximum atomic E-state index is 6.19. The van der Waals surface area contributed by atoms with Crippen molar-refractivity contribution < 1.29 is 0 Å². The average molecular weight is 250 g/mol. The Morgan fingerprint density at radius 1 is 1.35 bits per heavy atom. The van der Waals surface area contributed by atoms with Crippen molar-refractivity contribution >= 4 is 17.3 Å². The van der Waals surface area contributed by atoms with Crippen molar-refractivity contribution in [3.8, 4) is 0 Å². The number of hydrogen-bond acceptors (Lipinski definition) is 2. The number of anilines is 1. The number of nitrogens with one attached hydrogen (secondary N) is 1. The van der Waals surface area contributed by atoms with Crippen molar-refractivity contribution in [2.45, 2.75) is 20.4 Å². The molecule has 0 fully saturated rings. The summed E-state index contributed by atoms with van der Waals surface area (Å²) in [7, 11) is 1.91. The van der Waals surface area contributed by atoms with Gasteiger partial charge in [0.25, 0.3) is 0 Å². The van der Waals surface area contributed by atoms with Gasteiger partial charge < -0.3 is 5.32 Å². The highest BCUT2D eigenvalue weighted by Gasteiger charge is 2.10. The zero-order chi connectivity index (χ0) is 12.4. The Morgan fingerprint density at radius 2 is 2.12 bits per heavy atom. The van der Waals surface area contributed by atoms with Crippen molar-refractivity contribution in [1.29, 1.82) is 0 Å². The molecule has 3 nitrogen and oxygen atoms in total. The van der Waals surface area contributed by atoms with E-state index in [0.29, 0.717) is 6.54 Å². The normalized spacial score (nSPS) is 10.6. The Balaban J connectivity index is 2.12. The van der Waals surface area contributed by atoms with Crippen molar-refractivity contribution in [2.75, 3.05) is 5.32 Å². The van der Waals surface area contributed by atoms with Crippen LogP contribution in [0.5, 0.6) is 0 Å². The van der Waals surface area contributed by atoms with Crippen LogP contribution >= 0.6 is 11.6 Å². The molecule has 0 unspecified atom stereocenters. The number of rotatable bonds is 3. The fourth-order valence-corrected chi connectivity index (χ4v) is 2.04. The number of aryl methyl sites for hydroxylation is 3. The molecule has 0 amide bonds. The monoisotopic (exact) mass is 249 g/mol. The standard InChI is InChI=1S/C13H16ClN3/c1-9-5-4-6-11(7-9)15-8-12-13(14)10(2)16-17(12)3/h4-7,15H,8H2,1-3H3. The minimum absolute atomic E-state index is 0.680. The molecule has 0 radical (unpaired) electrons. The van der Waals surface area contributed by atoms with E-state index >= 15 is 0 Å². The van der Waals surface area contributed by atoms with Crippen molar-refractivity contribution in [2.24, 2.45) is 7.05 Å². The van der Waals surface area contributed by atoms with E-state index in [0.717, 1.165) is 22.1 Å². The molecule has 0 aliphatic rings. The summed E-state index contributed by atoms with van der Waals surface area (Å²) in [6.07, 6.45) is 0. The van der Waals surface area contributed by atoms with E-state index in [1.165, 1.54) is 5.56 Å². The van der Waals surface area contributed by atoms with Crippen LogP contribution in [0.25, 0.3) is 0 Å². The highest BCUT2D eigenvalue weighted by molar-refractivity contribution is 6.31. The minimum atomic E-state index is 0.680. The lowest BCUT2D eigenvalue weighted by Gasteiger charge is -2.07. The third-order valence-corrected chi connectivity index (χ3v) is 3.23.